The molecule has 0 saturated carbocycles. The van der Waals surface area contributed by atoms with E-state index < -0.39 is 0 Å². The Labute approximate surface area is 173 Å². The number of thiazole rings is 1. The zero-order chi connectivity index (χ0) is 20.5. The van der Waals surface area contributed by atoms with Crippen LogP contribution in [0.2, 0.25) is 0 Å². The number of aromatic nitrogens is 4. The zero-order valence-electron chi connectivity index (χ0n) is 17.0. The quantitative estimate of drug-likeness (QED) is 0.503. The van der Waals surface area contributed by atoms with Crippen molar-refractivity contribution in [2.45, 2.75) is 20.3 Å². The highest BCUT2D eigenvalue weighted by atomic mass is 32.1. The predicted molar refractivity (Wildman–Crippen MR) is 116 cm³/mol. The molecular formula is C22H23N5OS. The van der Waals surface area contributed by atoms with Crippen LogP contribution in [0, 0.1) is 13.8 Å². The molecule has 0 aliphatic rings. The van der Waals surface area contributed by atoms with Crippen molar-refractivity contribution < 1.29 is 4.79 Å². The Kier molecular flexibility index (Phi) is 5.15. The van der Waals surface area contributed by atoms with Gasteiger partial charge in [-0.2, -0.15) is 5.10 Å². The van der Waals surface area contributed by atoms with Crippen molar-refractivity contribution in [3.63, 3.8) is 0 Å². The standard InChI is InChI=1S/C22H23N5OS/c1-14-6-5-7-17-18(10-19(25-21(14)17)16-11-24-27(4)12-16)22(28)26(3)9-8-20-15(2)23-13-29-20/h5-7,10-13H,8-9H2,1-4H3. The first-order chi connectivity index (χ1) is 13.9. The van der Waals surface area contributed by atoms with Gasteiger partial charge >= 0.3 is 0 Å². The monoisotopic (exact) mass is 405 g/mol. The van der Waals surface area contributed by atoms with Gasteiger partial charge in [0.25, 0.3) is 5.91 Å². The highest BCUT2D eigenvalue weighted by molar-refractivity contribution is 7.09. The van der Waals surface area contributed by atoms with Gasteiger partial charge in [0.1, 0.15) is 0 Å². The second kappa shape index (κ2) is 7.75. The molecule has 0 aliphatic heterocycles. The van der Waals surface area contributed by atoms with Gasteiger partial charge in [-0.1, -0.05) is 18.2 Å². The largest absolute Gasteiger partial charge is 0.341 e. The van der Waals surface area contributed by atoms with Crippen LogP contribution in [0.1, 0.15) is 26.5 Å². The highest BCUT2D eigenvalue weighted by Crippen LogP contribution is 2.27. The summed E-state index contributed by atoms with van der Waals surface area (Å²) in [4.78, 5) is 25.5. The summed E-state index contributed by atoms with van der Waals surface area (Å²) in [6.45, 7) is 4.67. The number of rotatable bonds is 5. The van der Waals surface area contributed by atoms with Crippen molar-refractivity contribution in [1.29, 1.82) is 0 Å². The van der Waals surface area contributed by atoms with Gasteiger partial charge in [-0.3, -0.25) is 9.48 Å². The molecular weight excluding hydrogens is 382 g/mol. The number of carbonyl (C=O) groups excluding carboxylic acids is 1. The number of aryl methyl sites for hydroxylation is 3. The first-order valence-corrected chi connectivity index (χ1v) is 10.4. The molecule has 0 spiro atoms. The molecule has 4 aromatic rings. The average Bonchev–Trinajstić information content (AvgIpc) is 3.33. The van der Waals surface area contributed by atoms with E-state index in [0.717, 1.165) is 39.8 Å². The zero-order valence-corrected chi connectivity index (χ0v) is 17.8. The number of nitrogens with zero attached hydrogens (tertiary/aromatic N) is 5. The highest BCUT2D eigenvalue weighted by Gasteiger charge is 2.19. The predicted octanol–water partition coefficient (Wildman–Crippen LogP) is 4.02. The van der Waals surface area contributed by atoms with E-state index in [4.69, 9.17) is 4.98 Å². The number of amides is 1. The fraction of sp³-hybridized carbons (Fsp3) is 0.273. The Bertz CT molecular complexity index is 1190. The first-order valence-electron chi connectivity index (χ1n) is 9.48. The second-order valence-corrected chi connectivity index (χ2v) is 8.21. The lowest BCUT2D eigenvalue weighted by Gasteiger charge is -2.19. The van der Waals surface area contributed by atoms with Gasteiger partial charge in [-0.25, -0.2) is 9.97 Å². The number of fused-ring (bicyclic) bond motifs is 1. The molecule has 0 aliphatic carbocycles. The van der Waals surface area contributed by atoms with Gasteiger partial charge in [-0.15, -0.1) is 11.3 Å². The van der Waals surface area contributed by atoms with Crippen molar-refractivity contribution in [3.8, 4) is 11.3 Å². The van der Waals surface area contributed by atoms with E-state index in [1.165, 1.54) is 4.88 Å². The fourth-order valence-electron chi connectivity index (χ4n) is 3.41. The summed E-state index contributed by atoms with van der Waals surface area (Å²) in [5.74, 6) is -0.00434. The number of pyridine rings is 1. The number of para-hydroxylation sites is 1. The maximum atomic E-state index is 13.4. The van der Waals surface area contributed by atoms with E-state index >= 15 is 0 Å². The van der Waals surface area contributed by atoms with Gasteiger partial charge in [0.05, 0.1) is 34.2 Å². The number of hydrogen-bond donors (Lipinski definition) is 0. The van der Waals surface area contributed by atoms with Crippen LogP contribution < -0.4 is 0 Å². The SMILES string of the molecule is Cc1ncsc1CCN(C)C(=O)c1cc(-c2cnn(C)c2)nc2c(C)cccc12. The summed E-state index contributed by atoms with van der Waals surface area (Å²) in [7, 11) is 3.72. The van der Waals surface area contributed by atoms with Gasteiger partial charge in [0.2, 0.25) is 0 Å². The number of likely N-dealkylation sites (N-methyl/N-ethyl adjacent to an activating group) is 1. The smallest absolute Gasteiger partial charge is 0.254 e. The van der Waals surface area contributed by atoms with Crippen LogP contribution in [0.25, 0.3) is 22.2 Å². The molecule has 3 aromatic heterocycles. The van der Waals surface area contributed by atoms with E-state index in [-0.39, 0.29) is 5.91 Å². The number of hydrogen-bond acceptors (Lipinski definition) is 5. The third kappa shape index (κ3) is 3.78. The molecule has 0 N–H and O–H groups in total. The molecule has 4 rings (SSSR count). The number of carbonyl (C=O) groups is 1. The van der Waals surface area contributed by atoms with Crippen LogP contribution in [0.5, 0.6) is 0 Å². The Morgan fingerprint density at radius 2 is 2.10 bits per heavy atom. The Balaban J connectivity index is 1.72. The molecule has 0 unspecified atom stereocenters. The third-order valence-corrected chi connectivity index (χ3v) is 6.13. The van der Waals surface area contributed by atoms with Gasteiger partial charge < -0.3 is 4.90 Å². The van der Waals surface area contributed by atoms with Gasteiger partial charge in [0.15, 0.2) is 0 Å². The van der Waals surface area contributed by atoms with Crippen LogP contribution in [-0.4, -0.2) is 44.1 Å². The number of benzene rings is 1. The third-order valence-electron chi connectivity index (χ3n) is 5.14. The van der Waals surface area contributed by atoms with E-state index in [2.05, 4.69) is 10.1 Å². The molecule has 0 saturated heterocycles. The lowest BCUT2D eigenvalue weighted by atomic mass is 10.0. The van der Waals surface area contributed by atoms with Crippen molar-refractivity contribution in [2.75, 3.05) is 13.6 Å². The van der Waals surface area contributed by atoms with Gasteiger partial charge in [0, 0.05) is 49.1 Å². The Morgan fingerprint density at radius 3 is 2.79 bits per heavy atom. The maximum absolute atomic E-state index is 13.4. The summed E-state index contributed by atoms with van der Waals surface area (Å²) in [5, 5.41) is 5.13. The van der Waals surface area contributed by atoms with Gasteiger partial charge in [-0.05, 0) is 25.5 Å². The molecule has 0 atom stereocenters. The van der Waals surface area contributed by atoms with E-state index in [1.54, 1.807) is 27.1 Å². The van der Waals surface area contributed by atoms with Crippen LogP contribution in [0.3, 0.4) is 0 Å². The van der Waals surface area contributed by atoms with Crippen molar-refractivity contribution in [2.24, 2.45) is 7.05 Å². The molecule has 7 heteroatoms. The minimum absolute atomic E-state index is 0.00434. The van der Waals surface area contributed by atoms with Crippen LogP contribution in [0.4, 0.5) is 0 Å². The molecule has 0 radical (unpaired) electrons. The summed E-state index contributed by atoms with van der Waals surface area (Å²) in [5.41, 5.74) is 7.12. The average molecular weight is 406 g/mol. The molecule has 0 fully saturated rings. The van der Waals surface area contributed by atoms with Crippen LogP contribution in [0.15, 0.2) is 42.2 Å². The minimum atomic E-state index is -0.00434. The van der Waals surface area contributed by atoms with Crippen LogP contribution >= 0.6 is 11.3 Å². The van der Waals surface area contributed by atoms with E-state index in [1.807, 2.05) is 63.9 Å². The molecule has 0 bridgehead atoms. The molecule has 1 amide bonds. The molecule has 1 aromatic carbocycles. The lowest BCUT2D eigenvalue weighted by molar-refractivity contribution is 0.0798. The van der Waals surface area contributed by atoms with Crippen molar-refractivity contribution in [1.82, 2.24) is 24.6 Å². The first kappa shape index (κ1) is 19.3. The maximum Gasteiger partial charge on any atom is 0.254 e. The Hall–Kier alpha value is -3.06. The Morgan fingerprint density at radius 1 is 1.28 bits per heavy atom. The van der Waals surface area contributed by atoms with E-state index in [9.17, 15) is 4.79 Å². The summed E-state index contributed by atoms with van der Waals surface area (Å²) in [6.07, 6.45) is 4.49. The normalized spacial score (nSPS) is 11.2. The van der Waals surface area contributed by atoms with Crippen molar-refractivity contribution in [3.05, 3.63) is 63.9 Å². The topological polar surface area (TPSA) is 63.9 Å². The minimum Gasteiger partial charge on any atom is -0.341 e. The van der Waals surface area contributed by atoms with Crippen molar-refractivity contribution >= 4 is 28.1 Å². The van der Waals surface area contributed by atoms with E-state index in [0.29, 0.717) is 12.1 Å². The summed E-state index contributed by atoms with van der Waals surface area (Å²) in [6, 6.07) is 7.85. The molecule has 29 heavy (non-hydrogen) atoms. The second-order valence-electron chi connectivity index (χ2n) is 7.27. The molecule has 3 heterocycles. The fourth-order valence-corrected chi connectivity index (χ4v) is 4.18. The molecule has 148 valence electrons. The van der Waals surface area contributed by atoms with Crippen LogP contribution in [-0.2, 0) is 13.5 Å². The summed E-state index contributed by atoms with van der Waals surface area (Å²) < 4.78 is 1.74. The molecule has 6 nitrogen and oxygen atoms in total. The summed E-state index contributed by atoms with van der Waals surface area (Å²) >= 11 is 1.64. The lowest BCUT2D eigenvalue weighted by Crippen LogP contribution is -2.29.